The largest absolute Gasteiger partial charge is 0.497 e. The lowest BCUT2D eigenvalue weighted by molar-refractivity contribution is 0.393. The van der Waals surface area contributed by atoms with Gasteiger partial charge in [-0.3, -0.25) is 0 Å². The predicted molar refractivity (Wildman–Crippen MR) is 102 cm³/mol. The van der Waals surface area contributed by atoms with E-state index in [2.05, 4.69) is 4.98 Å². The van der Waals surface area contributed by atoms with Gasteiger partial charge in [0.05, 0.1) is 24.2 Å². The molecule has 0 bridgehead atoms. The van der Waals surface area contributed by atoms with Crippen LogP contribution in [0.3, 0.4) is 0 Å². The Balaban J connectivity index is 1.62. The van der Waals surface area contributed by atoms with Gasteiger partial charge in [0.15, 0.2) is 0 Å². The number of halogens is 1. The van der Waals surface area contributed by atoms with Gasteiger partial charge in [-0.05, 0) is 36.4 Å². The Morgan fingerprint density at radius 3 is 2.70 bits per heavy atom. The van der Waals surface area contributed by atoms with Crippen molar-refractivity contribution in [3.8, 4) is 16.3 Å². The van der Waals surface area contributed by atoms with Gasteiger partial charge in [-0.2, -0.15) is 4.31 Å². The zero-order chi connectivity index (χ0) is 19.0. The second kappa shape index (κ2) is 7.03. The third-order valence-corrected chi connectivity index (χ3v) is 7.46. The van der Waals surface area contributed by atoms with Crippen molar-refractivity contribution in [1.29, 1.82) is 0 Å². The molecule has 4 rings (SSSR count). The van der Waals surface area contributed by atoms with Crippen LogP contribution in [-0.4, -0.2) is 31.4 Å². The van der Waals surface area contributed by atoms with Gasteiger partial charge in [0.25, 0.3) is 0 Å². The summed E-state index contributed by atoms with van der Waals surface area (Å²) in [6, 6.07) is 12.6. The molecule has 0 atom stereocenters. The molecule has 1 aliphatic heterocycles. The van der Waals surface area contributed by atoms with E-state index in [1.54, 1.807) is 7.11 Å². The number of nitrogens with zero attached hydrogens (tertiary/aromatic N) is 2. The van der Waals surface area contributed by atoms with Crippen LogP contribution in [0.1, 0.15) is 10.6 Å². The highest BCUT2D eigenvalue weighted by Crippen LogP contribution is 2.34. The topological polar surface area (TPSA) is 59.5 Å². The molecule has 1 aliphatic rings. The summed E-state index contributed by atoms with van der Waals surface area (Å²) in [5, 5.41) is 0.847. The lowest BCUT2D eigenvalue weighted by Crippen LogP contribution is -2.35. The van der Waals surface area contributed by atoms with E-state index < -0.39 is 15.8 Å². The summed E-state index contributed by atoms with van der Waals surface area (Å²) in [7, 11) is -2.05. The smallest absolute Gasteiger partial charge is 0.243 e. The van der Waals surface area contributed by atoms with E-state index in [-0.39, 0.29) is 11.4 Å². The van der Waals surface area contributed by atoms with Crippen LogP contribution in [0.5, 0.6) is 5.75 Å². The molecule has 8 heteroatoms. The van der Waals surface area contributed by atoms with Gasteiger partial charge >= 0.3 is 0 Å². The van der Waals surface area contributed by atoms with Crippen molar-refractivity contribution in [2.75, 3.05) is 13.7 Å². The molecular weight excluding hydrogens is 387 g/mol. The summed E-state index contributed by atoms with van der Waals surface area (Å²) in [5.41, 5.74) is 1.88. The molecule has 0 saturated carbocycles. The average molecular weight is 404 g/mol. The van der Waals surface area contributed by atoms with E-state index in [9.17, 15) is 12.8 Å². The predicted octanol–water partition coefficient (Wildman–Crippen LogP) is 3.70. The summed E-state index contributed by atoms with van der Waals surface area (Å²) in [4.78, 5) is 5.73. The maximum absolute atomic E-state index is 13.1. The zero-order valence-electron chi connectivity index (χ0n) is 14.6. The molecule has 27 heavy (non-hydrogen) atoms. The monoisotopic (exact) mass is 404 g/mol. The molecule has 0 N–H and O–H groups in total. The Morgan fingerprint density at radius 1 is 1.19 bits per heavy atom. The molecule has 0 saturated heterocycles. The van der Waals surface area contributed by atoms with Gasteiger partial charge in [0.2, 0.25) is 10.0 Å². The van der Waals surface area contributed by atoms with Gasteiger partial charge in [-0.1, -0.05) is 12.1 Å². The number of aromatic nitrogens is 1. The number of methoxy groups -OCH3 is 1. The number of hydrogen-bond donors (Lipinski definition) is 0. The highest BCUT2D eigenvalue weighted by atomic mass is 32.2. The quantitative estimate of drug-likeness (QED) is 0.665. The Kier molecular flexibility index (Phi) is 4.71. The number of benzene rings is 2. The Labute approximate surface area is 161 Å². The molecule has 140 valence electrons. The van der Waals surface area contributed by atoms with Crippen molar-refractivity contribution >= 4 is 21.4 Å². The first kappa shape index (κ1) is 18.1. The fraction of sp³-hybridized carbons (Fsp3) is 0.211. The minimum atomic E-state index is -3.66. The number of sulfonamides is 1. The second-order valence-electron chi connectivity index (χ2n) is 6.16. The fourth-order valence-electron chi connectivity index (χ4n) is 3.01. The van der Waals surface area contributed by atoms with Crippen molar-refractivity contribution in [2.24, 2.45) is 0 Å². The first-order valence-electron chi connectivity index (χ1n) is 8.36. The molecule has 5 nitrogen and oxygen atoms in total. The molecule has 3 aromatic rings. The molecule has 0 aliphatic carbocycles. The molecule has 0 fully saturated rings. The highest BCUT2D eigenvalue weighted by Gasteiger charge is 2.30. The van der Waals surface area contributed by atoms with E-state index in [1.165, 1.54) is 27.8 Å². The van der Waals surface area contributed by atoms with Crippen LogP contribution in [0, 0.1) is 5.82 Å². The van der Waals surface area contributed by atoms with Crippen LogP contribution in [-0.2, 0) is 23.0 Å². The fourth-order valence-corrected chi connectivity index (χ4v) is 5.62. The summed E-state index contributed by atoms with van der Waals surface area (Å²) in [6.07, 6.45) is 0.552. The lowest BCUT2D eigenvalue weighted by Gasteiger charge is -2.25. The maximum atomic E-state index is 13.1. The number of hydrogen-bond acceptors (Lipinski definition) is 5. The van der Waals surface area contributed by atoms with Crippen LogP contribution in [0.4, 0.5) is 4.39 Å². The van der Waals surface area contributed by atoms with Crippen molar-refractivity contribution in [3.05, 3.63) is 64.9 Å². The normalized spacial score (nSPS) is 14.7. The molecule has 2 aromatic carbocycles. The zero-order valence-corrected chi connectivity index (χ0v) is 16.2. The third kappa shape index (κ3) is 3.47. The SMILES string of the molecule is COc1cccc(-c2nc3c(s2)CN(S(=O)(=O)c2ccc(F)cc2)CC3)c1. The molecule has 0 radical (unpaired) electrons. The molecule has 0 amide bonds. The number of thiazole rings is 1. The summed E-state index contributed by atoms with van der Waals surface area (Å²) in [5.74, 6) is 0.293. The minimum absolute atomic E-state index is 0.102. The van der Waals surface area contributed by atoms with Gasteiger partial charge in [-0.15, -0.1) is 11.3 Å². The van der Waals surface area contributed by atoms with E-state index in [0.29, 0.717) is 13.0 Å². The van der Waals surface area contributed by atoms with Crippen molar-refractivity contribution in [2.45, 2.75) is 17.9 Å². The molecular formula is C19H17FN2O3S2. The highest BCUT2D eigenvalue weighted by molar-refractivity contribution is 7.89. The summed E-state index contributed by atoms with van der Waals surface area (Å²) in [6.45, 7) is 0.630. The van der Waals surface area contributed by atoms with Crippen LogP contribution >= 0.6 is 11.3 Å². The van der Waals surface area contributed by atoms with Gasteiger partial charge in [0.1, 0.15) is 16.6 Å². The standard InChI is InChI=1S/C19H17FN2O3S2/c1-25-15-4-2-3-13(11-15)19-21-17-9-10-22(12-18(17)26-19)27(23,24)16-7-5-14(20)6-8-16/h2-8,11H,9-10,12H2,1H3. The number of rotatable bonds is 4. The van der Waals surface area contributed by atoms with Crippen LogP contribution < -0.4 is 4.74 Å². The second-order valence-corrected chi connectivity index (χ2v) is 9.18. The van der Waals surface area contributed by atoms with Crippen LogP contribution in [0.2, 0.25) is 0 Å². The first-order chi connectivity index (χ1) is 13.0. The average Bonchev–Trinajstić information content (AvgIpc) is 3.12. The van der Waals surface area contributed by atoms with E-state index >= 15 is 0 Å². The van der Waals surface area contributed by atoms with E-state index in [4.69, 9.17) is 4.74 Å². The summed E-state index contributed by atoms with van der Waals surface area (Å²) >= 11 is 1.49. The Morgan fingerprint density at radius 2 is 1.96 bits per heavy atom. The first-order valence-corrected chi connectivity index (χ1v) is 10.6. The minimum Gasteiger partial charge on any atom is -0.497 e. The van der Waals surface area contributed by atoms with E-state index in [1.807, 2.05) is 24.3 Å². The van der Waals surface area contributed by atoms with Crippen molar-refractivity contribution in [1.82, 2.24) is 9.29 Å². The summed E-state index contributed by atoms with van der Waals surface area (Å²) < 4.78 is 45.5. The lowest BCUT2D eigenvalue weighted by atomic mass is 10.2. The third-order valence-electron chi connectivity index (χ3n) is 4.46. The van der Waals surface area contributed by atoms with Crippen LogP contribution in [0.15, 0.2) is 53.4 Å². The molecule has 1 aromatic heterocycles. The molecule has 2 heterocycles. The van der Waals surface area contributed by atoms with Crippen molar-refractivity contribution in [3.63, 3.8) is 0 Å². The maximum Gasteiger partial charge on any atom is 0.243 e. The van der Waals surface area contributed by atoms with Gasteiger partial charge in [0, 0.05) is 23.4 Å². The Hall–Kier alpha value is -2.29. The van der Waals surface area contributed by atoms with Gasteiger partial charge < -0.3 is 4.74 Å². The van der Waals surface area contributed by atoms with Crippen LogP contribution in [0.25, 0.3) is 10.6 Å². The number of ether oxygens (including phenoxy) is 1. The Bertz CT molecular complexity index is 1080. The van der Waals surface area contributed by atoms with E-state index in [0.717, 1.165) is 39.0 Å². The molecule has 0 spiro atoms. The van der Waals surface area contributed by atoms with Gasteiger partial charge in [-0.25, -0.2) is 17.8 Å². The number of fused-ring (bicyclic) bond motifs is 1. The molecule has 0 unspecified atom stereocenters. The van der Waals surface area contributed by atoms with Crippen molar-refractivity contribution < 1.29 is 17.5 Å².